The van der Waals surface area contributed by atoms with Crippen LogP contribution in [0.5, 0.6) is 5.06 Å². The van der Waals surface area contributed by atoms with Gasteiger partial charge < -0.3 is 10.2 Å². The van der Waals surface area contributed by atoms with Gasteiger partial charge >= 0.3 is 51.4 Å². The number of unbranched alkanes of at least 4 members (excludes halogenated alkanes) is 15. The van der Waals surface area contributed by atoms with Crippen LogP contribution in [0.25, 0.3) is 0 Å². The average molecular weight is 451 g/mol. The molecule has 1 aromatic heterocycles. The van der Waals surface area contributed by atoms with E-state index in [2.05, 4.69) is 6.92 Å². The fraction of sp³-hybridized carbons (Fsp3) is 0.792. The fourth-order valence-corrected chi connectivity index (χ4v) is 4.18. The Hall–Kier alpha value is 0.766. The van der Waals surface area contributed by atoms with Gasteiger partial charge in [-0.2, -0.15) is 0 Å². The zero-order valence-corrected chi connectivity index (χ0v) is 23.3. The summed E-state index contributed by atoms with van der Waals surface area (Å²) in [4.78, 5) is 12.0. The van der Waals surface area contributed by atoms with Crippen LogP contribution in [0.4, 0.5) is 0 Å². The monoisotopic (exact) mass is 450 g/mol. The SMILES string of the molecule is CCCCCCCCCCCCCCCCCCOc1ccc(C(C)=O)s1.[K+].[OH-]. The second-order valence-corrected chi connectivity index (χ2v) is 8.87. The van der Waals surface area contributed by atoms with Crippen LogP contribution in [0.2, 0.25) is 0 Å². The minimum Gasteiger partial charge on any atom is -0.870 e. The van der Waals surface area contributed by atoms with Crippen LogP contribution in [0.1, 0.15) is 126 Å². The number of carbonyl (C=O) groups is 1. The van der Waals surface area contributed by atoms with Gasteiger partial charge in [-0.15, -0.1) is 0 Å². The normalized spacial score (nSPS) is 10.3. The Morgan fingerprint density at radius 1 is 0.759 bits per heavy atom. The van der Waals surface area contributed by atoms with Crippen molar-refractivity contribution < 1.29 is 66.4 Å². The van der Waals surface area contributed by atoms with Gasteiger partial charge in [0, 0.05) is 0 Å². The van der Waals surface area contributed by atoms with Gasteiger partial charge in [0.25, 0.3) is 0 Å². The van der Waals surface area contributed by atoms with Crippen molar-refractivity contribution in [3.05, 3.63) is 17.0 Å². The van der Waals surface area contributed by atoms with Gasteiger partial charge in [0.05, 0.1) is 11.5 Å². The van der Waals surface area contributed by atoms with E-state index in [-0.39, 0.29) is 62.6 Å². The smallest absolute Gasteiger partial charge is 0.870 e. The topological polar surface area (TPSA) is 56.3 Å². The van der Waals surface area contributed by atoms with Crippen LogP contribution < -0.4 is 56.1 Å². The first kappa shape index (κ1) is 31.9. The van der Waals surface area contributed by atoms with Crippen LogP contribution in [-0.4, -0.2) is 17.9 Å². The van der Waals surface area contributed by atoms with Crippen molar-refractivity contribution in [2.75, 3.05) is 6.61 Å². The molecular formula is C24H43KO3S. The van der Waals surface area contributed by atoms with Gasteiger partial charge in [-0.25, -0.2) is 0 Å². The molecule has 1 heterocycles. The molecule has 0 spiro atoms. The Kier molecular flexibility index (Phi) is 25.8. The molecule has 29 heavy (non-hydrogen) atoms. The molecule has 1 rings (SSSR count). The van der Waals surface area contributed by atoms with E-state index in [0.29, 0.717) is 0 Å². The Morgan fingerprint density at radius 3 is 1.55 bits per heavy atom. The van der Waals surface area contributed by atoms with Gasteiger partial charge in [0.15, 0.2) is 10.8 Å². The quantitative estimate of drug-likeness (QED) is 0.161. The molecule has 0 unspecified atom stereocenters. The third-order valence-electron chi connectivity index (χ3n) is 5.17. The predicted molar refractivity (Wildman–Crippen MR) is 121 cm³/mol. The van der Waals surface area contributed by atoms with Gasteiger partial charge in [-0.1, -0.05) is 115 Å². The summed E-state index contributed by atoms with van der Waals surface area (Å²) in [5, 5.41) is 0.876. The van der Waals surface area contributed by atoms with Crippen molar-refractivity contribution in [3.8, 4) is 5.06 Å². The van der Waals surface area contributed by atoms with Crippen molar-refractivity contribution in [3.63, 3.8) is 0 Å². The maximum absolute atomic E-state index is 11.2. The Balaban J connectivity index is 0. The van der Waals surface area contributed by atoms with Crippen molar-refractivity contribution in [2.45, 2.75) is 117 Å². The molecule has 1 N–H and O–H groups in total. The van der Waals surface area contributed by atoms with Gasteiger partial charge in [-0.3, -0.25) is 4.79 Å². The second-order valence-electron chi connectivity index (χ2n) is 7.83. The minimum atomic E-state index is 0. The predicted octanol–water partition coefficient (Wildman–Crippen LogP) is 5.42. The van der Waals surface area contributed by atoms with Crippen molar-refractivity contribution in [2.24, 2.45) is 0 Å². The van der Waals surface area contributed by atoms with E-state index in [4.69, 9.17) is 4.74 Å². The standard InChI is InChI=1S/C24H42O2S.K.H2O/c1-3-4-5-6-7-8-9-10-11-12-13-14-15-16-17-18-21-26-24-20-19-23(27-24)22(2)25;;/h19-20H,3-18,21H2,1-2H3;;1H2/q;+1;/p-1. The number of carbonyl (C=O) groups excluding carboxylic acids is 1. The van der Waals surface area contributed by atoms with E-state index in [1.807, 2.05) is 12.1 Å². The number of hydrogen-bond acceptors (Lipinski definition) is 4. The number of Topliss-reactive ketones (excluding diaryl/α,β-unsaturated/α-hetero) is 1. The Bertz CT molecular complexity index is 476. The molecule has 0 radical (unpaired) electrons. The summed E-state index contributed by atoms with van der Waals surface area (Å²) in [7, 11) is 0. The summed E-state index contributed by atoms with van der Waals surface area (Å²) in [5.41, 5.74) is 0. The summed E-state index contributed by atoms with van der Waals surface area (Å²) in [6, 6.07) is 3.77. The van der Waals surface area contributed by atoms with Gasteiger partial charge in [-0.05, 0) is 25.5 Å². The van der Waals surface area contributed by atoms with Crippen LogP contribution in [0, 0.1) is 0 Å². The van der Waals surface area contributed by atoms with E-state index in [1.165, 1.54) is 108 Å². The largest absolute Gasteiger partial charge is 1.00 e. The van der Waals surface area contributed by atoms with E-state index < -0.39 is 0 Å². The minimum absolute atomic E-state index is 0. The molecule has 3 nitrogen and oxygen atoms in total. The van der Waals surface area contributed by atoms with Crippen LogP contribution in [-0.2, 0) is 0 Å². The number of ether oxygens (including phenoxy) is 1. The number of thiophene rings is 1. The molecule has 0 saturated carbocycles. The summed E-state index contributed by atoms with van der Waals surface area (Å²) < 4.78 is 5.72. The molecule has 164 valence electrons. The van der Waals surface area contributed by atoms with Crippen LogP contribution >= 0.6 is 11.3 Å². The second kappa shape index (κ2) is 23.4. The first-order valence-corrected chi connectivity index (χ1v) is 12.3. The summed E-state index contributed by atoms with van der Waals surface area (Å²) >= 11 is 1.46. The summed E-state index contributed by atoms with van der Waals surface area (Å²) in [6.07, 6.45) is 22.2. The molecule has 5 heteroatoms. The van der Waals surface area contributed by atoms with E-state index in [1.54, 1.807) is 6.92 Å². The third kappa shape index (κ3) is 19.2. The molecule has 0 aliphatic carbocycles. The number of ketones is 1. The Morgan fingerprint density at radius 2 is 1.17 bits per heavy atom. The summed E-state index contributed by atoms with van der Waals surface area (Å²) in [6.45, 7) is 4.66. The molecule has 0 bridgehead atoms. The van der Waals surface area contributed by atoms with Gasteiger partial charge in [0.1, 0.15) is 0 Å². The maximum Gasteiger partial charge on any atom is 1.00 e. The molecule has 0 fully saturated rings. The summed E-state index contributed by atoms with van der Waals surface area (Å²) in [5.74, 6) is 0.122. The van der Waals surface area contributed by atoms with Crippen molar-refractivity contribution in [1.29, 1.82) is 0 Å². The molecule has 0 aromatic carbocycles. The van der Waals surface area contributed by atoms with Crippen molar-refractivity contribution >= 4 is 17.1 Å². The maximum atomic E-state index is 11.2. The molecule has 1 aromatic rings. The number of hydrogen-bond donors (Lipinski definition) is 0. The van der Waals surface area contributed by atoms with E-state index in [0.717, 1.165) is 23.0 Å². The molecule has 0 atom stereocenters. The van der Waals surface area contributed by atoms with Crippen molar-refractivity contribution in [1.82, 2.24) is 0 Å². The Labute approximate surface area is 226 Å². The zero-order valence-electron chi connectivity index (χ0n) is 19.3. The molecule has 0 aliphatic rings. The molecule has 0 saturated heterocycles. The average Bonchev–Trinajstić information content (AvgIpc) is 3.13. The first-order valence-electron chi connectivity index (χ1n) is 11.5. The van der Waals surface area contributed by atoms with Crippen LogP contribution in [0.15, 0.2) is 12.1 Å². The van der Waals surface area contributed by atoms with Crippen LogP contribution in [0.3, 0.4) is 0 Å². The molecular weight excluding hydrogens is 407 g/mol. The first-order chi connectivity index (χ1) is 13.2. The van der Waals surface area contributed by atoms with Gasteiger partial charge in [0.2, 0.25) is 0 Å². The third-order valence-corrected chi connectivity index (χ3v) is 6.27. The number of rotatable bonds is 19. The van der Waals surface area contributed by atoms with E-state index in [9.17, 15) is 4.79 Å². The fourth-order valence-electron chi connectivity index (χ4n) is 3.41. The molecule has 0 amide bonds. The zero-order chi connectivity index (χ0) is 19.6. The van der Waals surface area contributed by atoms with E-state index >= 15 is 0 Å². The molecule has 0 aliphatic heterocycles.